The Kier molecular flexibility index (Phi) is 3.80. The number of methoxy groups -OCH3 is 4. The maximum absolute atomic E-state index is 11.9. The molecule has 1 saturated carbocycles. The van der Waals surface area contributed by atoms with Crippen LogP contribution in [0.2, 0.25) is 0 Å². The smallest absolute Gasteiger partial charge is 0.235 e. The van der Waals surface area contributed by atoms with E-state index in [0.29, 0.717) is 0 Å². The van der Waals surface area contributed by atoms with E-state index in [0.717, 1.165) is 0 Å². The second kappa shape index (κ2) is 4.58. The van der Waals surface area contributed by atoms with Gasteiger partial charge < -0.3 is 18.9 Å². The van der Waals surface area contributed by atoms with Crippen LogP contribution >= 0.6 is 0 Å². The van der Waals surface area contributed by atoms with Crippen LogP contribution in [0.15, 0.2) is 0 Å². The summed E-state index contributed by atoms with van der Waals surface area (Å²) in [5, 5.41) is 0. The van der Waals surface area contributed by atoms with Crippen LogP contribution in [-0.2, 0) is 28.5 Å². The minimum Gasteiger partial charge on any atom is -0.347 e. The highest BCUT2D eigenvalue weighted by molar-refractivity contribution is 6.02. The molecular weight excluding hydrogens is 216 g/mol. The first kappa shape index (κ1) is 13.2. The van der Waals surface area contributed by atoms with Crippen LogP contribution in [0.4, 0.5) is 0 Å². The predicted molar refractivity (Wildman–Crippen MR) is 52.7 cm³/mol. The molecule has 0 atom stereocenters. The van der Waals surface area contributed by atoms with E-state index < -0.39 is 11.6 Å². The van der Waals surface area contributed by atoms with Crippen molar-refractivity contribution >= 4 is 11.6 Å². The molecule has 0 unspecified atom stereocenters. The number of rotatable bonds is 4. The molecule has 0 aromatic rings. The van der Waals surface area contributed by atoms with Gasteiger partial charge in [-0.05, 0) is 0 Å². The summed E-state index contributed by atoms with van der Waals surface area (Å²) in [6.45, 7) is 0. The molecule has 6 nitrogen and oxygen atoms in total. The van der Waals surface area contributed by atoms with Crippen molar-refractivity contribution in [1.29, 1.82) is 0 Å². The van der Waals surface area contributed by atoms with Crippen molar-refractivity contribution in [3.8, 4) is 0 Å². The second-order valence-electron chi connectivity index (χ2n) is 3.52. The fraction of sp³-hybridized carbons (Fsp3) is 0.800. The van der Waals surface area contributed by atoms with E-state index >= 15 is 0 Å². The lowest BCUT2D eigenvalue weighted by molar-refractivity contribution is -0.253. The van der Waals surface area contributed by atoms with Crippen molar-refractivity contribution in [2.75, 3.05) is 28.4 Å². The third kappa shape index (κ3) is 1.78. The molecule has 1 aliphatic carbocycles. The lowest BCUT2D eigenvalue weighted by Crippen LogP contribution is -2.59. The van der Waals surface area contributed by atoms with Crippen molar-refractivity contribution in [2.45, 2.75) is 24.4 Å². The van der Waals surface area contributed by atoms with Gasteiger partial charge in [-0.3, -0.25) is 9.59 Å². The van der Waals surface area contributed by atoms with Gasteiger partial charge in [0.2, 0.25) is 11.6 Å². The molecule has 0 heterocycles. The molecule has 0 spiro atoms. The monoisotopic (exact) mass is 232 g/mol. The van der Waals surface area contributed by atoms with Gasteiger partial charge in [0, 0.05) is 28.4 Å². The lowest BCUT2D eigenvalue weighted by Gasteiger charge is -2.40. The third-order valence-corrected chi connectivity index (χ3v) is 2.96. The second-order valence-corrected chi connectivity index (χ2v) is 3.52. The van der Waals surface area contributed by atoms with E-state index in [1.165, 1.54) is 28.4 Å². The number of hydrogen-bond donors (Lipinski definition) is 0. The van der Waals surface area contributed by atoms with Crippen molar-refractivity contribution in [1.82, 2.24) is 0 Å². The number of ether oxygens (including phenoxy) is 4. The minimum atomic E-state index is -1.50. The van der Waals surface area contributed by atoms with Gasteiger partial charge in [0.15, 0.2) is 11.6 Å². The molecule has 0 amide bonds. The number of carbonyl (C=O) groups excluding carboxylic acids is 2. The van der Waals surface area contributed by atoms with Crippen molar-refractivity contribution in [3.05, 3.63) is 0 Å². The number of ketones is 2. The highest BCUT2D eigenvalue weighted by Gasteiger charge is 2.56. The Morgan fingerprint density at radius 1 is 0.750 bits per heavy atom. The fourth-order valence-electron chi connectivity index (χ4n) is 1.80. The zero-order chi connectivity index (χ0) is 12.4. The fourth-order valence-corrected chi connectivity index (χ4v) is 1.80. The zero-order valence-corrected chi connectivity index (χ0v) is 9.86. The van der Waals surface area contributed by atoms with Crippen LogP contribution < -0.4 is 0 Å². The van der Waals surface area contributed by atoms with Crippen molar-refractivity contribution in [3.63, 3.8) is 0 Å². The number of hydrogen-bond acceptors (Lipinski definition) is 6. The summed E-state index contributed by atoms with van der Waals surface area (Å²) in [5.74, 6) is -3.75. The molecule has 1 fully saturated rings. The predicted octanol–water partition coefficient (Wildman–Crippen LogP) is -0.103. The molecule has 1 aliphatic rings. The molecule has 92 valence electrons. The Hall–Kier alpha value is -0.820. The Balaban J connectivity index is 3.02. The van der Waals surface area contributed by atoms with Crippen molar-refractivity contribution < 1.29 is 28.5 Å². The molecule has 0 N–H and O–H groups in total. The SMILES string of the molecule is COC1(OC)CC(=O)C(OC)(OC)CC1=O. The molecule has 0 aromatic heterocycles. The van der Waals surface area contributed by atoms with Crippen LogP contribution in [0.3, 0.4) is 0 Å². The molecule has 0 bridgehead atoms. The van der Waals surface area contributed by atoms with Gasteiger partial charge in [-0.1, -0.05) is 0 Å². The summed E-state index contributed by atoms with van der Waals surface area (Å²) in [6, 6.07) is 0. The maximum atomic E-state index is 11.9. The topological polar surface area (TPSA) is 71.1 Å². The molecule has 16 heavy (non-hydrogen) atoms. The van der Waals surface area contributed by atoms with Gasteiger partial charge >= 0.3 is 0 Å². The van der Waals surface area contributed by atoms with E-state index in [4.69, 9.17) is 18.9 Å². The Morgan fingerprint density at radius 3 is 1.19 bits per heavy atom. The Morgan fingerprint density at radius 2 is 1.00 bits per heavy atom. The largest absolute Gasteiger partial charge is 0.347 e. The van der Waals surface area contributed by atoms with Crippen LogP contribution in [0.5, 0.6) is 0 Å². The standard InChI is InChI=1S/C10H16O6/c1-13-9(14-2)5-8(12)10(15-3,16-4)6-7(9)11/h5-6H2,1-4H3. The number of Topliss-reactive ketones (excluding diaryl/α,β-unsaturated/α-hetero) is 2. The highest BCUT2D eigenvalue weighted by Crippen LogP contribution is 2.34. The zero-order valence-electron chi connectivity index (χ0n) is 9.86. The normalized spacial score (nSPS) is 23.5. The first-order valence-electron chi connectivity index (χ1n) is 4.77. The maximum Gasteiger partial charge on any atom is 0.235 e. The minimum absolute atomic E-state index is 0.222. The lowest BCUT2D eigenvalue weighted by atomic mass is 9.86. The van der Waals surface area contributed by atoms with Gasteiger partial charge in [-0.25, -0.2) is 0 Å². The van der Waals surface area contributed by atoms with E-state index in [2.05, 4.69) is 0 Å². The van der Waals surface area contributed by atoms with Crippen LogP contribution in [0.1, 0.15) is 12.8 Å². The summed E-state index contributed by atoms with van der Waals surface area (Å²) in [7, 11) is 5.28. The van der Waals surface area contributed by atoms with Crippen molar-refractivity contribution in [2.24, 2.45) is 0 Å². The molecule has 6 heteroatoms. The molecule has 0 aliphatic heterocycles. The third-order valence-electron chi connectivity index (χ3n) is 2.96. The average molecular weight is 232 g/mol. The molecule has 0 aromatic carbocycles. The van der Waals surface area contributed by atoms with E-state index in [9.17, 15) is 9.59 Å². The van der Waals surface area contributed by atoms with Gasteiger partial charge in [0.25, 0.3) is 0 Å². The molecular formula is C10H16O6. The van der Waals surface area contributed by atoms with E-state index in [1.807, 2.05) is 0 Å². The van der Waals surface area contributed by atoms with Gasteiger partial charge in [-0.2, -0.15) is 0 Å². The average Bonchev–Trinajstić information content (AvgIpc) is 2.31. The molecule has 0 radical (unpaired) electrons. The summed E-state index contributed by atoms with van der Waals surface area (Å²) in [4.78, 5) is 23.8. The summed E-state index contributed by atoms with van der Waals surface area (Å²) < 4.78 is 20.0. The van der Waals surface area contributed by atoms with E-state index in [1.54, 1.807) is 0 Å². The Labute approximate surface area is 93.8 Å². The number of carbonyl (C=O) groups is 2. The van der Waals surface area contributed by atoms with Gasteiger partial charge in [0.05, 0.1) is 12.8 Å². The van der Waals surface area contributed by atoms with Crippen LogP contribution in [-0.4, -0.2) is 51.6 Å². The molecule has 0 saturated heterocycles. The summed E-state index contributed by atoms with van der Waals surface area (Å²) >= 11 is 0. The molecule has 1 rings (SSSR count). The van der Waals surface area contributed by atoms with Crippen LogP contribution in [0, 0.1) is 0 Å². The van der Waals surface area contributed by atoms with Gasteiger partial charge in [0.1, 0.15) is 0 Å². The summed E-state index contributed by atoms with van der Waals surface area (Å²) in [6.07, 6.45) is -0.443. The van der Waals surface area contributed by atoms with Crippen LogP contribution in [0.25, 0.3) is 0 Å². The van der Waals surface area contributed by atoms with E-state index in [-0.39, 0.29) is 24.4 Å². The first-order chi connectivity index (χ1) is 7.50. The Bertz CT molecular complexity index is 260. The summed E-state index contributed by atoms with van der Waals surface area (Å²) in [5.41, 5.74) is 0. The highest BCUT2D eigenvalue weighted by atomic mass is 16.7. The quantitative estimate of drug-likeness (QED) is 0.630. The van der Waals surface area contributed by atoms with Gasteiger partial charge in [-0.15, -0.1) is 0 Å². The first-order valence-corrected chi connectivity index (χ1v) is 4.77.